The number of phenolic OH excluding ortho intramolecular Hbond substituents is 1. The van der Waals surface area contributed by atoms with Gasteiger partial charge in [0, 0.05) is 18.2 Å². The lowest BCUT2D eigenvalue weighted by molar-refractivity contribution is -0.134. The number of nitrogens with one attached hydrogen (secondary N) is 1. The Kier molecular flexibility index (Phi) is 7.06. The number of carboxylic acid groups (broad SMARTS) is 2. The van der Waals surface area contributed by atoms with E-state index in [4.69, 9.17) is 10.2 Å². The molecular weight excluding hydrogens is 398 g/mol. The molecule has 0 aromatic heterocycles. The van der Waals surface area contributed by atoms with Crippen LogP contribution in [0.5, 0.6) is 5.75 Å². The van der Waals surface area contributed by atoms with Gasteiger partial charge < -0.3 is 25.7 Å². The minimum absolute atomic E-state index is 0.204. The summed E-state index contributed by atoms with van der Waals surface area (Å²) in [6.07, 6.45) is 6.53. The number of phenols is 1. The lowest BCUT2D eigenvalue weighted by Crippen LogP contribution is -2.51. The molecule has 0 unspecified atom stereocenters. The highest BCUT2D eigenvalue weighted by Gasteiger charge is 2.57. The predicted octanol–water partition coefficient (Wildman–Crippen LogP) is 2.91. The average molecular weight is 432 g/mol. The maximum atomic E-state index is 10.6. The van der Waals surface area contributed by atoms with Crippen LogP contribution in [0.1, 0.15) is 56.6 Å². The van der Waals surface area contributed by atoms with E-state index in [9.17, 15) is 19.8 Å². The number of hydrogen-bond donors (Lipinski definition) is 5. The van der Waals surface area contributed by atoms with Gasteiger partial charge in [-0.25, -0.2) is 9.59 Å². The van der Waals surface area contributed by atoms with Gasteiger partial charge in [-0.3, -0.25) is 0 Å². The van der Waals surface area contributed by atoms with Gasteiger partial charge in [-0.1, -0.05) is 19.9 Å². The van der Waals surface area contributed by atoms with Crippen molar-refractivity contribution in [1.82, 2.24) is 5.32 Å². The third kappa shape index (κ3) is 4.77. The Morgan fingerprint density at radius 1 is 1.19 bits per heavy atom. The number of aryl methyl sites for hydroxylation is 1. The zero-order valence-electron chi connectivity index (χ0n) is 18.1. The molecule has 0 amide bonds. The van der Waals surface area contributed by atoms with Crippen molar-refractivity contribution in [1.29, 1.82) is 0 Å². The zero-order chi connectivity index (χ0) is 22.8. The number of likely N-dealkylation sites (N-methyl/N-ethyl adjacent to an activating group) is 1. The molecular formula is C24H33NO6. The molecule has 2 fully saturated rings. The molecule has 0 aliphatic heterocycles. The van der Waals surface area contributed by atoms with E-state index in [-0.39, 0.29) is 17.6 Å². The minimum atomic E-state index is -1.26. The monoisotopic (exact) mass is 431 g/mol. The Balaban J connectivity index is 0.000000293. The second-order valence-electron chi connectivity index (χ2n) is 9.19. The lowest BCUT2D eigenvalue weighted by atomic mass is 9.55. The summed E-state index contributed by atoms with van der Waals surface area (Å²) in [5, 5.41) is 39.6. The van der Waals surface area contributed by atoms with Gasteiger partial charge in [0.05, 0.1) is 6.10 Å². The van der Waals surface area contributed by atoms with Crippen molar-refractivity contribution in [2.24, 2.45) is 17.3 Å². The van der Waals surface area contributed by atoms with E-state index >= 15 is 0 Å². The molecule has 7 nitrogen and oxygen atoms in total. The van der Waals surface area contributed by atoms with Gasteiger partial charge in [-0.05, 0) is 85.1 Å². The van der Waals surface area contributed by atoms with Gasteiger partial charge in [0.25, 0.3) is 0 Å². The summed E-state index contributed by atoms with van der Waals surface area (Å²) in [7, 11) is 0. The van der Waals surface area contributed by atoms with Gasteiger partial charge >= 0.3 is 11.9 Å². The number of aliphatic carboxylic acids is 2. The first-order valence-electron chi connectivity index (χ1n) is 11.0. The van der Waals surface area contributed by atoms with Crippen LogP contribution < -0.4 is 5.32 Å². The molecule has 0 bridgehead atoms. The van der Waals surface area contributed by atoms with Gasteiger partial charge in [0.15, 0.2) is 0 Å². The normalized spacial score (nSPS) is 33.6. The zero-order valence-corrected chi connectivity index (χ0v) is 18.1. The molecule has 1 aromatic carbocycles. The molecule has 4 rings (SSSR count). The molecule has 3 aliphatic carbocycles. The summed E-state index contributed by atoms with van der Waals surface area (Å²) in [5.74, 6) is -0.206. The summed E-state index contributed by atoms with van der Waals surface area (Å²) in [4.78, 5) is 19.1. The maximum Gasteiger partial charge on any atom is 0.328 e. The van der Waals surface area contributed by atoms with E-state index < -0.39 is 11.9 Å². The van der Waals surface area contributed by atoms with Crippen LogP contribution in [0.3, 0.4) is 0 Å². The molecule has 2 saturated carbocycles. The molecule has 31 heavy (non-hydrogen) atoms. The van der Waals surface area contributed by atoms with Crippen LogP contribution in [0.2, 0.25) is 0 Å². The molecule has 0 spiro atoms. The molecule has 5 N–H and O–H groups in total. The SMILES string of the molecule is CCN[C@H]1[C@H](O)C[C@H]2[C@@H]3CCc4cc(O)ccc4[C@H]3CC[C@@]21C.O=C(O)/C=C\C(=O)O. The lowest BCUT2D eigenvalue weighted by Gasteiger charge is -2.51. The fourth-order valence-corrected chi connectivity index (χ4v) is 6.31. The number of rotatable bonds is 4. The van der Waals surface area contributed by atoms with Crippen molar-refractivity contribution in [2.45, 2.75) is 64.0 Å². The van der Waals surface area contributed by atoms with E-state index in [1.165, 1.54) is 30.4 Å². The van der Waals surface area contributed by atoms with Crippen molar-refractivity contribution >= 4 is 11.9 Å². The molecule has 6 atom stereocenters. The second-order valence-corrected chi connectivity index (χ2v) is 9.19. The topological polar surface area (TPSA) is 127 Å². The summed E-state index contributed by atoms with van der Waals surface area (Å²) < 4.78 is 0. The smallest absolute Gasteiger partial charge is 0.328 e. The standard InChI is InChI=1S/C20H29NO2.C4H4O4/c1-3-21-19-18(23)11-17-16-6-4-12-10-13(22)5-7-14(12)15(16)8-9-20(17,19)2;5-3(6)1-2-4(7)8/h5,7,10,15-19,21-23H,3-4,6,8-9,11H2,1-2H3;1-2H,(H,5,6)(H,7,8)/b;2-1-/t15-,16-,17+,18-,19+,20+;/m1./s1. The molecule has 3 aliphatic rings. The summed E-state index contributed by atoms with van der Waals surface area (Å²) in [6, 6.07) is 6.21. The second kappa shape index (κ2) is 9.40. The van der Waals surface area contributed by atoms with Crippen molar-refractivity contribution in [3.8, 4) is 5.75 Å². The van der Waals surface area contributed by atoms with Gasteiger partial charge in [0.2, 0.25) is 0 Å². The quantitative estimate of drug-likeness (QED) is 0.464. The number of carbonyl (C=O) groups is 2. The van der Waals surface area contributed by atoms with Gasteiger partial charge in [-0.15, -0.1) is 0 Å². The Morgan fingerprint density at radius 2 is 1.87 bits per heavy atom. The molecule has 0 radical (unpaired) electrons. The largest absolute Gasteiger partial charge is 0.508 e. The fourth-order valence-electron chi connectivity index (χ4n) is 6.31. The predicted molar refractivity (Wildman–Crippen MR) is 116 cm³/mol. The van der Waals surface area contributed by atoms with Crippen LogP contribution in [0.25, 0.3) is 0 Å². The number of aliphatic hydroxyl groups is 1. The average Bonchev–Trinajstić information content (AvgIpc) is 2.97. The third-order valence-electron chi connectivity index (χ3n) is 7.53. The first kappa shape index (κ1) is 23.3. The van der Waals surface area contributed by atoms with E-state index in [1.54, 1.807) is 0 Å². The molecule has 7 heteroatoms. The fraction of sp³-hybridized carbons (Fsp3) is 0.583. The van der Waals surface area contributed by atoms with Crippen LogP contribution in [-0.2, 0) is 16.0 Å². The minimum Gasteiger partial charge on any atom is -0.508 e. The number of benzene rings is 1. The Morgan fingerprint density at radius 3 is 2.48 bits per heavy atom. The third-order valence-corrected chi connectivity index (χ3v) is 7.53. The number of carboxylic acids is 2. The van der Waals surface area contributed by atoms with Crippen LogP contribution >= 0.6 is 0 Å². The first-order valence-corrected chi connectivity index (χ1v) is 11.0. The van der Waals surface area contributed by atoms with Crippen LogP contribution in [0.15, 0.2) is 30.4 Å². The van der Waals surface area contributed by atoms with E-state index in [0.29, 0.717) is 35.7 Å². The Bertz CT molecular complexity index is 836. The summed E-state index contributed by atoms with van der Waals surface area (Å²) in [5.41, 5.74) is 3.03. The molecule has 1 aromatic rings. The van der Waals surface area contributed by atoms with Crippen LogP contribution in [0.4, 0.5) is 0 Å². The molecule has 0 heterocycles. The van der Waals surface area contributed by atoms with Crippen molar-refractivity contribution in [3.63, 3.8) is 0 Å². The van der Waals surface area contributed by atoms with Crippen molar-refractivity contribution < 1.29 is 30.0 Å². The van der Waals surface area contributed by atoms with Gasteiger partial charge in [-0.2, -0.15) is 0 Å². The van der Waals surface area contributed by atoms with E-state index in [1.807, 2.05) is 12.1 Å². The van der Waals surface area contributed by atoms with E-state index in [2.05, 4.69) is 25.2 Å². The Hall–Kier alpha value is -2.38. The van der Waals surface area contributed by atoms with Crippen molar-refractivity contribution in [2.75, 3.05) is 6.54 Å². The highest BCUT2D eigenvalue weighted by molar-refractivity contribution is 5.89. The number of fused-ring (bicyclic) bond motifs is 5. The highest BCUT2D eigenvalue weighted by atomic mass is 16.4. The van der Waals surface area contributed by atoms with E-state index in [0.717, 1.165) is 19.4 Å². The number of hydrogen-bond acceptors (Lipinski definition) is 5. The van der Waals surface area contributed by atoms with Crippen molar-refractivity contribution in [3.05, 3.63) is 41.5 Å². The Labute approximate surface area is 182 Å². The molecule has 170 valence electrons. The highest BCUT2D eigenvalue weighted by Crippen LogP contribution is 2.60. The summed E-state index contributed by atoms with van der Waals surface area (Å²) in [6.45, 7) is 5.47. The van der Waals surface area contributed by atoms with Crippen LogP contribution in [-0.4, -0.2) is 51.1 Å². The number of aliphatic hydroxyl groups excluding tert-OH is 1. The molecule has 0 saturated heterocycles. The van der Waals surface area contributed by atoms with Gasteiger partial charge in [0.1, 0.15) is 5.75 Å². The number of aromatic hydroxyl groups is 1. The van der Waals surface area contributed by atoms with Crippen LogP contribution in [0, 0.1) is 17.3 Å². The first-order chi connectivity index (χ1) is 14.7. The maximum absolute atomic E-state index is 10.6. The summed E-state index contributed by atoms with van der Waals surface area (Å²) >= 11 is 0.